The van der Waals surface area contributed by atoms with Gasteiger partial charge in [0.25, 0.3) is 0 Å². The lowest BCUT2D eigenvalue weighted by atomic mass is 9.88. The van der Waals surface area contributed by atoms with Crippen molar-refractivity contribution >= 4 is 0 Å². The second-order valence-corrected chi connectivity index (χ2v) is 4.91. The van der Waals surface area contributed by atoms with Crippen LogP contribution in [-0.4, -0.2) is 5.11 Å². The van der Waals surface area contributed by atoms with Crippen molar-refractivity contribution in [1.29, 1.82) is 0 Å². The number of hydrogen-bond donors (Lipinski definition) is 1. The predicted molar refractivity (Wildman–Crippen MR) is 60.7 cm³/mol. The van der Waals surface area contributed by atoms with Gasteiger partial charge in [-0.1, -0.05) is 24.3 Å². The van der Waals surface area contributed by atoms with Gasteiger partial charge in [0.05, 0.1) is 0 Å². The van der Waals surface area contributed by atoms with E-state index in [-0.39, 0.29) is 0 Å². The van der Waals surface area contributed by atoms with E-state index in [0.29, 0.717) is 5.75 Å². The van der Waals surface area contributed by atoms with E-state index in [1.807, 2.05) is 12.1 Å². The number of benzene rings is 1. The SMILES string of the molecule is Oc1cccc(CC2CC3C=CC2C3)c1. The number of aromatic hydroxyl groups is 1. The van der Waals surface area contributed by atoms with Crippen LogP contribution in [0.15, 0.2) is 36.4 Å². The molecule has 2 aliphatic rings. The van der Waals surface area contributed by atoms with Crippen LogP contribution in [0.3, 0.4) is 0 Å². The molecule has 2 aliphatic carbocycles. The number of hydrogen-bond acceptors (Lipinski definition) is 1. The summed E-state index contributed by atoms with van der Waals surface area (Å²) in [5, 5.41) is 9.40. The summed E-state index contributed by atoms with van der Waals surface area (Å²) in [6.45, 7) is 0. The molecular formula is C14H16O. The van der Waals surface area contributed by atoms with Crippen LogP contribution in [0.2, 0.25) is 0 Å². The van der Waals surface area contributed by atoms with Crippen molar-refractivity contribution in [2.45, 2.75) is 19.3 Å². The smallest absolute Gasteiger partial charge is 0.115 e. The Morgan fingerprint density at radius 2 is 2.13 bits per heavy atom. The Balaban J connectivity index is 1.73. The minimum atomic E-state index is 0.395. The molecule has 1 fully saturated rings. The molecule has 3 atom stereocenters. The molecule has 0 radical (unpaired) electrons. The standard InChI is InChI=1S/C14H16O/c15-14-3-1-2-10(9-14)7-13-8-11-4-5-12(13)6-11/h1-5,9,11-13,15H,6-8H2. The first-order chi connectivity index (χ1) is 7.31. The normalized spacial score (nSPS) is 32.4. The average Bonchev–Trinajstić information content (AvgIpc) is 2.79. The third-order valence-electron chi connectivity index (χ3n) is 3.82. The van der Waals surface area contributed by atoms with Gasteiger partial charge in [-0.15, -0.1) is 0 Å². The molecule has 1 N–H and O–H groups in total. The third-order valence-corrected chi connectivity index (χ3v) is 3.82. The fourth-order valence-electron chi connectivity index (χ4n) is 3.12. The molecule has 3 rings (SSSR count). The fourth-order valence-corrected chi connectivity index (χ4v) is 3.12. The minimum Gasteiger partial charge on any atom is -0.508 e. The molecule has 1 aromatic carbocycles. The topological polar surface area (TPSA) is 20.2 Å². The van der Waals surface area contributed by atoms with Gasteiger partial charge in [-0.05, 0) is 54.7 Å². The van der Waals surface area contributed by atoms with Gasteiger partial charge in [0.15, 0.2) is 0 Å². The zero-order valence-corrected chi connectivity index (χ0v) is 8.76. The van der Waals surface area contributed by atoms with Gasteiger partial charge in [-0.2, -0.15) is 0 Å². The van der Waals surface area contributed by atoms with Crippen molar-refractivity contribution in [2.24, 2.45) is 17.8 Å². The summed E-state index contributed by atoms with van der Waals surface area (Å²) >= 11 is 0. The molecule has 2 bridgehead atoms. The highest BCUT2D eigenvalue weighted by Crippen LogP contribution is 2.44. The molecule has 0 saturated heterocycles. The minimum absolute atomic E-state index is 0.395. The average molecular weight is 200 g/mol. The van der Waals surface area contributed by atoms with Crippen molar-refractivity contribution in [2.75, 3.05) is 0 Å². The number of phenols is 1. The van der Waals surface area contributed by atoms with Gasteiger partial charge in [0.2, 0.25) is 0 Å². The highest BCUT2D eigenvalue weighted by atomic mass is 16.3. The summed E-state index contributed by atoms with van der Waals surface area (Å²) < 4.78 is 0. The molecule has 0 spiro atoms. The van der Waals surface area contributed by atoms with Crippen LogP contribution >= 0.6 is 0 Å². The van der Waals surface area contributed by atoms with Crippen LogP contribution < -0.4 is 0 Å². The van der Waals surface area contributed by atoms with Gasteiger partial charge in [-0.3, -0.25) is 0 Å². The molecule has 3 unspecified atom stereocenters. The molecule has 15 heavy (non-hydrogen) atoms. The zero-order valence-electron chi connectivity index (χ0n) is 8.76. The molecule has 0 amide bonds. The molecule has 0 heterocycles. The number of allylic oxidation sites excluding steroid dienone is 2. The van der Waals surface area contributed by atoms with Crippen LogP contribution in [0.25, 0.3) is 0 Å². The molecule has 78 valence electrons. The summed E-state index contributed by atoms with van der Waals surface area (Å²) in [6.07, 6.45) is 8.60. The quantitative estimate of drug-likeness (QED) is 0.727. The lowest BCUT2D eigenvalue weighted by Crippen LogP contribution is -2.09. The highest BCUT2D eigenvalue weighted by Gasteiger charge is 2.35. The van der Waals surface area contributed by atoms with Crippen LogP contribution in [0, 0.1) is 17.8 Å². The summed E-state index contributed by atoms with van der Waals surface area (Å²) in [5.74, 6) is 2.85. The summed E-state index contributed by atoms with van der Waals surface area (Å²) in [7, 11) is 0. The second kappa shape index (κ2) is 3.41. The van der Waals surface area contributed by atoms with Gasteiger partial charge < -0.3 is 5.11 Å². The van der Waals surface area contributed by atoms with Gasteiger partial charge in [0, 0.05) is 0 Å². The molecular weight excluding hydrogens is 184 g/mol. The third kappa shape index (κ3) is 1.67. The van der Waals surface area contributed by atoms with E-state index in [1.54, 1.807) is 6.07 Å². The highest BCUT2D eigenvalue weighted by molar-refractivity contribution is 5.28. The van der Waals surface area contributed by atoms with Crippen LogP contribution in [0.4, 0.5) is 0 Å². The predicted octanol–water partition coefficient (Wildman–Crippen LogP) is 3.15. The molecule has 1 aromatic rings. The molecule has 1 nitrogen and oxygen atoms in total. The summed E-state index contributed by atoms with van der Waals surface area (Å²) in [5.41, 5.74) is 1.28. The number of phenolic OH excluding ortho intramolecular Hbond substituents is 1. The van der Waals surface area contributed by atoms with Gasteiger partial charge in [0.1, 0.15) is 5.75 Å². The zero-order chi connectivity index (χ0) is 10.3. The Labute approximate surface area is 90.4 Å². The fraction of sp³-hybridized carbons (Fsp3) is 0.429. The molecule has 0 aliphatic heterocycles. The van der Waals surface area contributed by atoms with E-state index in [9.17, 15) is 5.11 Å². The van der Waals surface area contributed by atoms with Crippen molar-refractivity contribution in [1.82, 2.24) is 0 Å². The van der Waals surface area contributed by atoms with E-state index in [2.05, 4.69) is 18.2 Å². The monoisotopic (exact) mass is 200 g/mol. The molecule has 0 aromatic heterocycles. The first-order valence-electron chi connectivity index (χ1n) is 5.77. The molecule has 1 heteroatoms. The van der Waals surface area contributed by atoms with E-state index >= 15 is 0 Å². The Kier molecular flexibility index (Phi) is 2.05. The first kappa shape index (κ1) is 9.02. The lowest BCUT2D eigenvalue weighted by molar-refractivity contribution is 0.442. The van der Waals surface area contributed by atoms with Crippen LogP contribution in [0.5, 0.6) is 5.75 Å². The van der Waals surface area contributed by atoms with Crippen molar-refractivity contribution in [3.8, 4) is 5.75 Å². The van der Waals surface area contributed by atoms with Crippen molar-refractivity contribution in [3.63, 3.8) is 0 Å². The Hall–Kier alpha value is -1.24. The number of fused-ring (bicyclic) bond motifs is 2. The Morgan fingerprint density at radius 3 is 2.80 bits per heavy atom. The molecule has 1 saturated carbocycles. The first-order valence-corrected chi connectivity index (χ1v) is 5.77. The second-order valence-electron chi connectivity index (χ2n) is 4.91. The Morgan fingerprint density at radius 1 is 1.20 bits per heavy atom. The van der Waals surface area contributed by atoms with Gasteiger partial charge in [-0.25, -0.2) is 0 Å². The Bertz CT molecular complexity index is 394. The van der Waals surface area contributed by atoms with Gasteiger partial charge >= 0.3 is 0 Å². The van der Waals surface area contributed by atoms with E-state index < -0.39 is 0 Å². The largest absolute Gasteiger partial charge is 0.508 e. The van der Waals surface area contributed by atoms with Crippen molar-refractivity contribution < 1.29 is 5.11 Å². The maximum absolute atomic E-state index is 9.40. The van der Waals surface area contributed by atoms with E-state index in [4.69, 9.17) is 0 Å². The summed E-state index contributed by atoms with van der Waals surface area (Å²) in [4.78, 5) is 0. The van der Waals surface area contributed by atoms with E-state index in [1.165, 1.54) is 18.4 Å². The van der Waals surface area contributed by atoms with Crippen molar-refractivity contribution in [3.05, 3.63) is 42.0 Å². The maximum Gasteiger partial charge on any atom is 0.115 e. The van der Waals surface area contributed by atoms with Crippen LogP contribution in [-0.2, 0) is 6.42 Å². The lowest BCUT2D eigenvalue weighted by Gasteiger charge is -2.17. The number of rotatable bonds is 2. The van der Waals surface area contributed by atoms with Crippen LogP contribution in [0.1, 0.15) is 18.4 Å². The summed E-state index contributed by atoms with van der Waals surface area (Å²) in [6, 6.07) is 7.70. The maximum atomic E-state index is 9.40. The van der Waals surface area contributed by atoms with E-state index in [0.717, 1.165) is 24.2 Å².